The van der Waals surface area contributed by atoms with Gasteiger partial charge in [-0.3, -0.25) is 0 Å². The van der Waals surface area contributed by atoms with Crippen LogP contribution in [0.3, 0.4) is 0 Å². The Morgan fingerprint density at radius 3 is 1.70 bits per heavy atom. The number of halogens is 13. The average Bonchev–Trinajstić information content (AvgIpc) is 3.05. The van der Waals surface area contributed by atoms with Gasteiger partial charge in [0.1, 0.15) is 6.10 Å². The Hall–Kier alpha value is -1.07. The highest BCUT2D eigenvalue weighted by Gasteiger charge is 2.90. The maximum atomic E-state index is 13.5. The second-order valence-electron chi connectivity index (χ2n) is 5.94. The third kappa shape index (κ3) is 4.57. The lowest BCUT2D eigenvalue weighted by Gasteiger charge is -2.39. The summed E-state index contributed by atoms with van der Waals surface area (Å²) in [6, 6.07) is 0. The molecule has 1 rings (SSSR count). The average molecular weight is 480 g/mol. The Morgan fingerprint density at radius 2 is 1.27 bits per heavy atom. The molecule has 2 unspecified atom stereocenters. The van der Waals surface area contributed by atoms with Crippen molar-refractivity contribution in [1.29, 1.82) is 0 Å². The Balaban J connectivity index is 2.87. The maximum absolute atomic E-state index is 13.5. The molecule has 0 aromatic heterocycles. The summed E-state index contributed by atoms with van der Waals surface area (Å²) in [5.41, 5.74) is 0. The van der Waals surface area contributed by atoms with Crippen LogP contribution >= 0.6 is 0 Å². The van der Waals surface area contributed by atoms with E-state index in [2.05, 4.69) is 9.47 Å². The van der Waals surface area contributed by atoms with E-state index < -0.39 is 68.0 Å². The molecule has 1 fully saturated rings. The number of hydrogen-bond acceptors (Lipinski definition) is 4. The van der Waals surface area contributed by atoms with Crippen LogP contribution in [0.25, 0.3) is 0 Å². The Bertz CT molecular complexity index is 578. The molecule has 0 aromatic carbocycles. The van der Waals surface area contributed by atoms with Crippen LogP contribution in [0.5, 0.6) is 0 Å². The highest BCUT2D eigenvalue weighted by Crippen LogP contribution is 2.60. The van der Waals surface area contributed by atoms with Gasteiger partial charge in [0.2, 0.25) is 0 Å². The molecule has 0 radical (unpaired) electrons. The first kappa shape index (κ1) is 27.0. The lowest BCUT2D eigenvalue weighted by atomic mass is 9.93. The van der Waals surface area contributed by atoms with Crippen LogP contribution < -0.4 is 0 Å². The third-order valence-corrected chi connectivity index (χ3v) is 3.78. The first-order chi connectivity index (χ1) is 13.3. The molecule has 0 spiro atoms. The van der Waals surface area contributed by atoms with Crippen molar-refractivity contribution in [1.82, 2.24) is 0 Å². The predicted molar refractivity (Wildman–Crippen MR) is 67.8 cm³/mol. The molecule has 180 valence electrons. The van der Waals surface area contributed by atoms with E-state index in [9.17, 15) is 57.1 Å². The standard InChI is InChI=1S/C13H13F13O4/c1-27-7-29-5-6(30-7)4-28-3-2-8(14,15)9(16,17)10(18,19)11(20,21)12(22,23)13(24,25)26/h6-7H,2-5H2,1H3. The summed E-state index contributed by atoms with van der Waals surface area (Å²) < 4.78 is 186. The van der Waals surface area contributed by atoms with Crippen molar-refractivity contribution in [3.05, 3.63) is 0 Å². The fraction of sp³-hybridized carbons (Fsp3) is 1.00. The van der Waals surface area contributed by atoms with Crippen LogP contribution in [-0.4, -0.2) is 75.3 Å². The Kier molecular flexibility index (Phi) is 7.60. The molecule has 0 bridgehead atoms. The molecule has 17 heteroatoms. The number of methoxy groups -OCH3 is 1. The van der Waals surface area contributed by atoms with Gasteiger partial charge < -0.3 is 18.9 Å². The SMILES string of the molecule is COC1OCC(COCCC(F)(F)C(F)(F)C(F)(F)C(F)(F)C(F)(F)C(F)(F)F)O1. The first-order valence-electron chi connectivity index (χ1n) is 7.59. The van der Waals surface area contributed by atoms with Gasteiger partial charge in [-0.25, -0.2) is 0 Å². The molecule has 0 N–H and O–H groups in total. The van der Waals surface area contributed by atoms with Crippen LogP contribution in [0, 0.1) is 0 Å². The predicted octanol–water partition coefficient (Wildman–Crippen LogP) is 4.48. The summed E-state index contributed by atoms with van der Waals surface area (Å²) in [4.78, 5) is 0. The van der Waals surface area contributed by atoms with Crippen molar-refractivity contribution in [2.24, 2.45) is 0 Å². The largest absolute Gasteiger partial charge is 0.460 e. The normalized spacial score (nSPS) is 22.6. The zero-order chi connectivity index (χ0) is 23.8. The fourth-order valence-corrected chi connectivity index (χ4v) is 2.01. The fourth-order valence-electron chi connectivity index (χ4n) is 2.01. The van der Waals surface area contributed by atoms with E-state index in [0.717, 1.165) is 7.11 Å². The van der Waals surface area contributed by atoms with Gasteiger partial charge in [0, 0.05) is 13.5 Å². The first-order valence-corrected chi connectivity index (χ1v) is 7.59. The monoisotopic (exact) mass is 480 g/mol. The van der Waals surface area contributed by atoms with E-state index in [1.54, 1.807) is 0 Å². The molecular weight excluding hydrogens is 467 g/mol. The van der Waals surface area contributed by atoms with Crippen molar-refractivity contribution < 1.29 is 76.0 Å². The summed E-state index contributed by atoms with van der Waals surface area (Å²) in [6.07, 6.45) is -10.8. The van der Waals surface area contributed by atoms with Gasteiger partial charge in [-0.15, -0.1) is 0 Å². The smallest absolute Gasteiger partial charge is 0.378 e. The molecule has 1 aliphatic rings. The number of alkyl halides is 13. The summed E-state index contributed by atoms with van der Waals surface area (Å²) in [5.74, 6) is -36.9. The molecule has 0 aliphatic carbocycles. The minimum Gasteiger partial charge on any atom is -0.378 e. The van der Waals surface area contributed by atoms with Crippen molar-refractivity contribution in [2.45, 2.75) is 54.8 Å². The number of rotatable bonds is 10. The van der Waals surface area contributed by atoms with E-state index in [0.29, 0.717) is 0 Å². The molecule has 2 atom stereocenters. The highest BCUT2D eigenvalue weighted by atomic mass is 19.4. The minimum absolute atomic E-state index is 0.220. The molecule has 4 nitrogen and oxygen atoms in total. The van der Waals surface area contributed by atoms with E-state index in [-0.39, 0.29) is 6.61 Å². The molecule has 0 saturated carbocycles. The molecular formula is C13H13F13O4. The van der Waals surface area contributed by atoms with Crippen molar-refractivity contribution in [3.8, 4) is 0 Å². The van der Waals surface area contributed by atoms with Gasteiger partial charge in [-0.1, -0.05) is 0 Å². The van der Waals surface area contributed by atoms with Crippen LogP contribution in [0.15, 0.2) is 0 Å². The van der Waals surface area contributed by atoms with Crippen molar-refractivity contribution in [3.63, 3.8) is 0 Å². The van der Waals surface area contributed by atoms with Gasteiger partial charge in [0.25, 0.3) is 6.48 Å². The summed E-state index contributed by atoms with van der Waals surface area (Å²) in [5, 5.41) is 0. The lowest BCUT2D eigenvalue weighted by Crippen LogP contribution is -2.70. The van der Waals surface area contributed by atoms with Crippen LogP contribution in [0.2, 0.25) is 0 Å². The molecule has 1 heterocycles. The highest BCUT2D eigenvalue weighted by molar-refractivity contribution is 5.10. The van der Waals surface area contributed by atoms with Gasteiger partial charge in [-0.05, 0) is 0 Å². The third-order valence-electron chi connectivity index (χ3n) is 3.78. The molecule has 0 aromatic rings. The van der Waals surface area contributed by atoms with Crippen molar-refractivity contribution in [2.75, 3.05) is 26.9 Å². The topological polar surface area (TPSA) is 36.9 Å². The maximum Gasteiger partial charge on any atom is 0.460 e. The Labute approximate surface area is 159 Å². The zero-order valence-electron chi connectivity index (χ0n) is 14.5. The lowest BCUT2D eigenvalue weighted by molar-refractivity contribution is -0.440. The van der Waals surface area contributed by atoms with Gasteiger partial charge in [-0.2, -0.15) is 57.1 Å². The summed E-state index contributed by atoms with van der Waals surface area (Å²) in [6.45, 7) is -3.53. The minimum atomic E-state index is -7.91. The van der Waals surface area contributed by atoms with Crippen LogP contribution in [0.1, 0.15) is 6.42 Å². The number of hydrogen-bond donors (Lipinski definition) is 0. The summed E-state index contributed by atoms with van der Waals surface area (Å²) >= 11 is 0. The zero-order valence-corrected chi connectivity index (χ0v) is 14.5. The van der Waals surface area contributed by atoms with E-state index in [1.165, 1.54) is 0 Å². The molecule has 1 aliphatic heterocycles. The molecule has 0 amide bonds. The van der Waals surface area contributed by atoms with Crippen molar-refractivity contribution >= 4 is 0 Å². The second kappa shape index (κ2) is 8.46. The van der Waals surface area contributed by atoms with Gasteiger partial charge in [0.15, 0.2) is 0 Å². The van der Waals surface area contributed by atoms with Crippen LogP contribution in [-0.2, 0) is 18.9 Å². The Morgan fingerprint density at radius 1 is 0.767 bits per heavy atom. The van der Waals surface area contributed by atoms with Gasteiger partial charge in [0.05, 0.1) is 19.8 Å². The van der Waals surface area contributed by atoms with Gasteiger partial charge >= 0.3 is 35.8 Å². The second-order valence-corrected chi connectivity index (χ2v) is 5.94. The molecule has 1 saturated heterocycles. The van der Waals surface area contributed by atoms with E-state index >= 15 is 0 Å². The number of ether oxygens (including phenoxy) is 4. The molecule has 30 heavy (non-hydrogen) atoms. The quantitative estimate of drug-likeness (QED) is 0.342. The van der Waals surface area contributed by atoms with E-state index in [1.807, 2.05) is 0 Å². The van der Waals surface area contributed by atoms with Crippen LogP contribution in [0.4, 0.5) is 57.1 Å². The summed E-state index contributed by atoms with van der Waals surface area (Å²) in [7, 11) is 1.15. The van der Waals surface area contributed by atoms with E-state index in [4.69, 9.17) is 9.47 Å².